The third kappa shape index (κ3) is 8.85. The standard InChI is InChI=1S/C29H33NO9S2/c1-29(2)30(28(31)36-18-23-12-6-3-7-13-23)26(19-37-40(32,33)21-24-14-8-4-9-15-24)27(39-29)20-38-41(34,35)22-25-16-10-5-11-17-25/h3-17,26-27H,18-22H2,1-2H3. The summed E-state index contributed by atoms with van der Waals surface area (Å²) in [5, 5.41) is 0. The Hall–Kier alpha value is -3.29. The van der Waals surface area contributed by atoms with Crippen LogP contribution in [0.15, 0.2) is 91.0 Å². The molecule has 2 unspecified atom stereocenters. The molecule has 41 heavy (non-hydrogen) atoms. The number of nitrogens with zero attached hydrogens (tertiary/aromatic N) is 1. The van der Waals surface area contributed by atoms with Gasteiger partial charge in [0.1, 0.15) is 29.9 Å². The van der Waals surface area contributed by atoms with E-state index in [0.29, 0.717) is 11.1 Å². The van der Waals surface area contributed by atoms with Crippen molar-refractivity contribution < 1.29 is 39.5 Å². The van der Waals surface area contributed by atoms with Crippen LogP contribution in [0.1, 0.15) is 30.5 Å². The second-order valence-corrected chi connectivity index (χ2v) is 13.3. The van der Waals surface area contributed by atoms with Crippen molar-refractivity contribution in [3.05, 3.63) is 108 Å². The van der Waals surface area contributed by atoms with Crippen molar-refractivity contribution in [2.75, 3.05) is 13.2 Å². The van der Waals surface area contributed by atoms with Crippen LogP contribution in [0.2, 0.25) is 0 Å². The molecule has 1 amide bonds. The highest BCUT2D eigenvalue weighted by Gasteiger charge is 2.51. The Morgan fingerprint density at radius 1 is 0.732 bits per heavy atom. The number of hydrogen-bond acceptors (Lipinski definition) is 9. The van der Waals surface area contributed by atoms with Gasteiger partial charge in [-0.25, -0.2) is 4.79 Å². The molecular formula is C29H33NO9S2. The van der Waals surface area contributed by atoms with E-state index in [0.717, 1.165) is 5.56 Å². The lowest BCUT2D eigenvalue weighted by molar-refractivity contribution is -0.0780. The molecular weight excluding hydrogens is 570 g/mol. The molecule has 0 aliphatic carbocycles. The summed E-state index contributed by atoms with van der Waals surface area (Å²) in [5.74, 6) is -0.741. The molecule has 1 aliphatic heterocycles. The molecule has 3 aromatic rings. The summed E-state index contributed by atoms with van der Waals surface area (Å²) >= 11 is 0. The topological polar surface area (TPSA) is 126 Å². The molecule has 0 radical (unpaired) electrons. The number of amides is 1. The predicted octanol–water partition coefficient (Wildman–Crippen LogP) is 4.22. The van der Waals surface area contributed by atoms with Gasteiger partial charge >= 0.3 is 6.09 Å². The molecule has 1 heterocycles. The molecule has 2 atom stereocenters. The fourth-order valence-corrected chi connectivity index (χ4v) is 6.58. The average molecular weight is 604 g/mol. The van der Waals surface area contributed by atoms with Crippen molar-refractivity contribution >= 4 is 26.3 Å². The van der Waals surface area contributed by atoms with Crippen LogP contribution in [0.3, 0.4) is 0 Å². The number of carbonyl (C=O) groups is 1. The normalized spacial score (nSPS) is 18.7. The highest BCUT2D eigenvalue weighted by atomic mass is 32.2. The Morgan fingerprint density at radius 2 is 1.17 bits per heavy atom. The number of ether oxygens (including phenoxy) is 2. The van der Waals surface area contributed by atoms with Gasteiger partial charge in [0.2, 0.25) is 0 Å². The Bertz CT molecular complexity index is 1500. The Kier molecular flexibility index (Phi) is 9.82. The van der Waals surface area contributed by atoms with E-state index in [9.17, 15) is 21.6 Å². The van der Waals surface area contributed by atoms with Crippen LogP contribution in [0.25, 0.3) is 0 Å². The van der Waals surface area contributed by atoms with Gasteiger partial charge in [0.25, 0.3) is 20.2 Å². The van der Waals surface area contributed by atoms with Gasteiger partial charge in [0.05, 0.1) is 19.3 Å². The van der Waals surface area contributed by atoms with Crippen molar-refractivity contribution in [3.8, 4) is 0 Å². The molecule has 10 nitrogen and oxygen atoms in total. The van der Waals surface area contributed by atoms with E-state index < -0.39 is 57.4 Å². The second kappa shape index (κ2) is 13.1. The molecule has 0 aromatic heterocycles. The highest BCUT2D eigenvalue weighted by Crippen LogP contribution is 2.34. The molecule has 0 spiro atoms. The molecule has 0 saturated carbocycles. The monoisotopic (exact) mass is 603 g/mol. The molecule has 4 rings (SSSR count). The van der Waals surface area contributed by atoms with Gasteiger partial charge in [-0.15, -0.1) is 0 Å². The van der Waals surface area contributed by atoms with E-state index in [1.165, 1.54) is 4.90 Å². The molecule has 0 bridgehead atoms. The summed E-state index contributed by atoms with van der Waals surface area (Å²) in [6, 6.07) is 25.0. The van der Waals surface area contributed by atoms with Crippen molar-refractivity contribution in [1.82, 2.24) is 4.90 Å². The van der Waals surface area contributed by atoms with Crippen molar-refractivity contribution in [2.24, 2.45) is 0 Å². The van der Waals surface area contributed by atoms with Gasteiger partial charge in [0.15, 0.2) is 0 Å². The third-order valence-corrected chi connectivity index (χ3v) is 8.75. The smallest absolute Gasteiger partial charge is 0.412 e. The van der Waals surface area contributed by atoms with Crippen LogP contribution in [0, 0.1) is 0 Å². The van der Waals surface area contributed by atoms with E-state index in [2.05, 4.69) is 0 Å². The minimum Gasteiger partial charge on any atom is -0.444 e. The zero-order chi connectivity index (χ0) is 29.5. The first kappa shape index (κ1) is 30.7. The predicted molar refractivity (Wildman–Crippen MR) is 151 cm³/mol. The minimum absolute atomic E-state index is 0.0290. The molecule has 3 aromatic carbocycles. The number of hydrogen-bond donors (Lipinski definition) is 0. The van der Waals surface area contributed by atoms with Crippen LogP contribution in [0.5, 0.6) is 0 Å². The Morgan fingerprint density at radius 3 is 1.66 bits per heavy atom. The Balaban J connectivity index is 1.51. The maximum Gasteiger partial charge on any atom is 0.412 e. The number of carbonyl (C=O) groups excluding carboxylic acids is 1. The quantitative estimate of drug-likeness (QED) is 0.280. The van der Waals surface area contributed by atoms with E-state index >= 15 is 0 Å². The van der Waals surface area contributed by atoms with Gasteiger partial charge in [0, 0.05) is 0 Å². The molecule has 1 aliphatic rings. The number of benzene rings is 3. The highest BCUT2D eigenvalue weighted by molar-refractivity contribution is 7.86. The van der Waals surface area contributed by atoms with Crippen molar-refractivity contribution in [1.29, 1.82) is 0 Å². The molecule has 0 N–H and O–H groups in total. The van der Waals surface area contributed by atoms with E-state index in [4.69, 9.17) is 17.8 Å². The second-order valence-electron chi connectivity index (χ2n) is 10.0. The van der Waals surface area contributed by atoms with Crippen LogP contribution in [-0.2, 0) is 56.2 Å². The van der Waals surface area contributed by atoms with E-state index in [1.54, 1.807) is 86.6 Å². The molecule has 220 valence electrons. The molecule has 12 heteroatoms. The number of rotatable bonds is 12. The largest absolute Gasteiger partial charge is 0.444 e. The van der Waals surface area contributed by atoms with Gasteiger partial charge in [-0.05, 0) is 30.5 Å². The third-order valence-electron chi connectivity index (χ3n) is 6.39. The summed E-state index contributed by atoms with van der Waals surface area (Å²) in [6.07, 6.45) is -1.81. The first-order chi connectivity index (χ1) is 19.4. The maximum atomic E-state index is 13.3. The van der Waals surface area contributed by atoms with Crippen LogP contribution in [-0.4, -0.2) is 58.9 Å². The zero-order valence-electron chi connectivity index (χ0n) is 22.8. The molecule has 1 fully saturated rings. The SMILES string of the molecule is CC1(C)OC(COS(=O)(=O)Cc2ccccc2)C(COS(=O)(=O)Cc2ccccc2)N1C(=O)OCc1ccccc1. The summed E-state index contributed by atoms with van der Waals surface area (Å²) in [6.45, 7) is 2.21. The van der Waals surface area contributed by atoms with E-state index in [-0.39, 0.29) is 18.1 Å². The lowest BCUT2D eigenvalue weighted by Gasteiger charge is -2.32. The zero-order valence-corrected chi connectivity index (χ0v) is 24.4. The first-order valence-electron chi connectivity index (χ1n) is 12.9. The lowest BCUT2D eigenvalue weighted by Crippen LogP contribution is -2.50. The van der Waals surface area contributed by atoms with Gasteiger partial charge in [-0.2, -0.15) is 16.8 Å². The fraction of sp³-hybridized carbons (Fsp3) is 0.345. The summed E-state index contributed by atoms with van der Waals surface area (Å²) in [5.41, 5.74) is 0.533. The van der Waals surface area contributed by atoms with Crippen molar-refractivity contribution in [3.63, 3.8) is 0 Å². The maximum absolute atomic E-state index is 13.3. The van der Waals surface area contributed by atoms with Crippen molar-refractivity contribution in [2.45, 2.75) is 49.8 Å². The van der Waals surface area contributed by atoms with E-state index in [1.807, 2.05) is 18.2 Å². The summed E-state index contributed by atoms with van der Waals surface area (Å²) in [4.78, 5) is 14.5. The fourth-order valence-electron chi connectivity index (χ4n) is 4.53. The van der Waals surface area contributed by atoms with Crippen LogP contribution >= 0.6 is 0 Å². The van der Waals surface area contributed by atoms with Gasteiger partial charge in [-0.1, -0.05) is 91.0 Å². The summed E-state index contributed by atoms with van der Waals surface area (Å²) in [7, 11) is -8.09. The first-order valence-corrected chi connectivity index (χ1v) is 16.1. The summed E-state index contributed by atoms with van der Waals surface area (Å²) < 4.78 is 73.2. The minimum atomic E-state index is -4.06. The van der Waals surface area contributed by atoms with Gasteiger partial charge in [-0.3, -0.25) is 13.3 Å². The van der Waals surface area contributed by atoms with Crippen LogP contribution < -0.4 is 0 Å². The average Bonchev–Trinajstić information content (AvgIpc) is 3.20. The van der Waals surface area contributed by atoms with Crippen LogP contribution in [0.4, 0.5) is 4.79 Å². The molecule has 1 saturated heterocycles. The lowest BCUT2D eigenvalue weighted by atomic mass is 10.1. The van der Waals surface area contributed by atoms with Gasteiger partial charge < -0.3 is 9.47 Å². The Labute approximate surface area is 241 Å².